The lowest BCUT2D eigenvalue weighted by Crippen LogP contribution is -2.34. The van der Waals surface area contributed by atoms with Crippen LogP contribution in [-0.4, -0.2) is 33.9 Å². The molecule has 1 aliphatic rings. The molecule has 10 heavy (non-hydrogen) atoms. The molecule has 0 aromatic carbocycles. The van der Waals surface area contributed by atoms with Crippen molar-refractivity contribution in [3.05, 3.63) is 12.3 Å². The summed E-state index contributed by atoms with van der Waals surface area (Å²) in [5.74, 6) is 0. The summed E-state index contributed by atoms with van der Waals surface area (Å²) in [6.07, 6.45) is 2.09. The van der Waals surface area contributed by atoms with E-state index in [1.807, 2.05) is 0 Å². The van der Waals surface area contributed by atoms with Gasteiger partial charge in [0.2, 0.25) is 0 Å². The van der Waals surface area contributed by atoms with E-state index in [1.54, 1.807) is 6.08 Å². The second kappa shape index (κ2) is 2.70. The van der Waals surface area contributed by atoms with Gasteiger partial charge in [0.25, 0.3) is 0 Å². The quantitative estimate of drug-likeness (QED) is 0.510. The molecule has 56 valence electrons. The molecule has 0 aromatic heterocycles. The molecule has 1 heterocycles. The Morgan fingerprint density at radius 1 is 1.70 bits per heavy atom. The summed E-state index contributed by atoms with van der Waals surface area (Å²) in [5.41, 5.74) is 0. The van der Waals surface area contributed by atoms with Crippen LogP contribution in [0.25, 0.3) is 0 Å². The van der Waals surface area contributed by atoms with Gasteiger partial charge in [-0.3, -0.25) is 4.90 Å². The molecule has 0 fully saturated rings. The van der Waals surface area contributed by atoms with Gasteiger partial charge in [-0.1, -0.05) is 6.08 Å². The fourth-order valence-corrected chi connectivity index (χ4v) is 0.849. The summed E-state index contributed by atoms with van der Waals surface area (Å²) >= 11 is 0. The van der Waals surface area contributed by atoms with Crippen LogP contribution < -0.4 is 0 Å². The van der Waals surface area contributed by atoms with Crippen molar-refractivity contribution in [1.29, 1.82) is 0 Å². The maximum atomic E-state index is 10.3. The molecule has 1 amide bonds. The number of amides is 1. The van der Waals surface area contributed by atoms with E-state index in [-0.39, 0.29) is 6.54 Å². The van der Waals surface area contributed by atoms with Gasteiger partial charge in [0, 0.05) is 6.20 Å². The highest BCUT2D eigenvalue weighted by Gasteiger charge is 2.16. The Kier molecular flexibility index (Phi) is 1.91. The zero-order valence-corrected chi connectivity index (χ0v) is 5.40. The van der Waals surface area contributed by atoms with Crippen LogP contribution in [0.4, 0.5) is 4.79 Å². The minimum atomic E-state index is -1.02. The van der Waals surface area contributed by atoms with E-state index in [1.165, 1.54) is 6.20 Å². The Morgan fingerprint density at radius 2 is 2.40 bits per heavy atom. The smallest absolute Gasteiger partial charge is 0.411 e. The second-order valence-corrected chi connectivity index (χ2v) is 2.21. The van der Waals surface area contributed by atoms with Crippen molar-refractivity contribution < 1.29 is 15.0 Å². The van der Waals surface area contributed by atoms with Crippen molar-refractivity contribution in [2.24, 2.45) is 0 Å². The zero-order valence-electron chi connectivity index (χ0n) is 5.40. The lowest BCUT2D eigenvalue weighted by Gasteiger charge is -2.21. The van der Waals surface area contributed by atoms with Crippen LogP contribution in [-0.2, 0) is 0 Å². The SMILES string of the molecule is O=C(O)N1C=CCC(O)C1. The first-order valence-electron chi connectivity index (χ1n) is 3.04. The highest BCUT2D eigenvalue weighted by molar-refractivity contribution is 5.66. The number of carbonyl (C=O) groups is 1. The summed E-state index contributed by atoms with van der Waals surface area (Å²) in [6.45, 7) is 0.186. The topological polar surface area (TPSA) is 60.8 Å². The van der Waals surface area contributed by atoms with E-state index in [0.29, 0.717) is 6.42 Å². The molecule has 0 aliphatic carbocycles. The third-order valence-corrected chi connectivity index (χ3v) is 1.35. The number of hydrogen-bond donors (Lipinski definition) is 2. The van der Waals surface area contributed by atoms with Crippen molar-refractivity contribution in [2.45, 2.75) is 12.5 Å². The lowest BCUT2D eigenvalue weighted by molar-refractivity contribution is 0.110. The highest BCUT2D eigenvalue weighted by atomic mass is 16.4. The predicted octanol–water partition coefficient (Wildman–Crippen LogP) is 0.245. The Morgan fingerprint density at radius 3 is 2.80 bits per heavy atom. The third kappa shape index (κ3) is 1.48. The van der Waals surface area contributed by atoms with Gasteiger partial charge >= 0.3 is 6.09 Å². The van der Waals surface area contributed by atoms with Crippen molar-refractivity contribution in [1.82, 2.24) is 4.90 Å². The van der Waals surface area contributed by atoms with Crippen LogP contribution in [0.2, 0.25) is 0 Å². The predicted molar refractivity (Wildman–Crippen MR) is 34.5 cm³/mol. The van der Waals surface area contributed by atoms with Crippen molar-refractivity contribution in [3.63, 3.8) is 0 Å². The number of hydrogen-bond acceptors (Lipinski definition) is 2. The fourth-order valence-electron chi connectivity index (χ4n) is 0.849. The van der Waals surface area contributed by atoms with E-state index in [9.17, 15) is 4.79 Å². The van der Waals surface area contributed by atoms with Gasteiger partial charge < -0.3 is 10.2 Å². The van der Waals surface area contributed by atoms with E-state index in [0.717, 1.165) is 4.90 Å². The van der Waals surface area contributed by atoms with Crippen molar-refractivity contribution >= 4 is 6.09 Å². The molecule has 4 heteroatoms. The normalized spacial score (nSPS) is 24.9. The van der Waals surface area contributed by atoms with Crippen LogP contribution >= 0.6 is 0 Å². The Hall–Kier alpha value is -1.03. The van der Waals surface area contributed by atoms with E-state index in [4.69, 9.17) is 10.2 Å². The van der Waals surface area contributed by atoms with Crippen molar-refractivity contribution in [3.8, 4) is 0 Å². The minimum absolute atomic E-state index is 0.186. The van der Waals surface area contributed by atoms with Gasteiger partial charge in [-0.15, -0.1) is 0 Å². The Labute approximate surface area is 58.4 Å². The van der Waals surface area contributed by atoms with Crippen molar-refractivity contribution in [2.75, 3.05) is 6.54 Å². The molecule has 1 aliphatic heterocycles. The lowest BCUT2D eigenvalue weighted by atomic mass is 10.2. The van der Waals surface area contributed by atoms with E-state index >= 15 is 0 Å². The molecular weight excluding hydrogens is 134 g/mol. The number of aliphatic hydroxyl groups excluding tert-OH is 1. The summed E-state index contributed by atoms with van der Waals surface area (Å²) in [7, 11) is 0. The van der Waals surface area contributed by atoms with Gasteiger partial charge in [-0.2, -0.15) is 0 Å². The maximum Gasteiger partial charge on any atom is 0.411 e. The molecular formula is C6H9NO3. The molecule has 1 rings (SSSR count). The van der Waals surface area contributed by atoms with Crippen LogP contribution in [0.3, 0.4) is 0 Å². The first kappa shape index (κ1) is 7.08. The molecule has 1 atom stereocenters. The molecule has 0 saturated heterocycles. The number of nitrogens with zero attached hydrogens (tertiary/aromatic N) is 1. The molecule has 0 aromatic rings. The van der Waals surface area contributed by atoms with Gasteiger partial charge in [-0.05, 0) is 6.42 Å². The van der Waals surface area contributed by atoms with Gasteiger partial charge in [-0.25, -0.2) is 4.79 Å². The van der Waals surface area contributed by atoms with E-state index in [2.05, 4.69) is 0 Å². The first-order valence-corrected chi connectivity index (χ1v) is 3.04. The molecule has 0 saturated carbocycles. The highest BCUT2D eigenvalue weighted by Crippen LogP contribution is 2.05. The third-order valence-electron chi connectivity index (χ3n) is 1.35. The molecule has 0 spiro atoms. The van der Waals surface area contributed by atoms with E-state index < -0.39 is 12.2 Å². The van der Waals surface area contributed by atoms with Crippen LogP contribution in [0, 0.1) is 0 Å². The first-order chi connectivity index (χ1) is 4.70. The Balaban J connectivity index is 2.55. The summed E-state index contributed by atoms with van der Waals surface area (Å²) in [6, 6.07) is 0. The molecule has 0 radical (unpaired) electrons. The summed E-state index contributed by atoms with van der Waals surface area (Å²) in [5, 5.41) is 17.4. The number of β-amino-alcohol motifs (C(OH)–C–C–N with tert-alkyl or cyclic N) is 1. The minimum Gasteiger partial charge on any atom is -0.465 e. The van der Waals surface area contributed by atoms with Crippen LogP contribution in [0.1, 0.15) is 6.42 Å². The largest absolute Gasteiger partial charge is 0.465 e. The molecule has 2 N–H and O–H groups in total. The molecule has 0 bridgehead atoms. The number of rotatable bonds is 0. The average molecular weight is 143 g/mol. The Bertz CT molecular complexity index is 166. The second-order valence-electron chi connectivity index (χ2n) is 2.21. The van der Waals surface area contributed by atoms with Crippen LogP contribution in [0.5, 0.6) is 0 Å². The van der Waals surface area contributed by atoms with Gasteiger partial charge in [0.1, 0.15) is 0 Å². The fraction of sp³-hybridized carbons (Fsp3) is 0.500. The number of carboxylic acid groups (broad SMARTS) is 1. The molecule has 4 nitrogen and oxygen atoms in total. The summed E-state index contributed by atoms with van der Waals surface area (Å²) in [4.78, 5) is 11.3. The van der Waals surface area contributed by atoms with Gasteiger partial charge in [0.15, 0.2) is 0 Å². The number of aliphatic hydroxyl groups is 1. The average Bonchev–Trinajstić information content (AvgIpc) is 1.88. The molecule has 1 unspecified atom stereocenters. The van der Waals surface area contributed by atoms with Crippen LogP contribution in [0.15, 0.2) is 12.3 Å². The summed E-state index contributed by atoms with van der Waals surface area (Å²) < 4.78 is 0. The zero-order chi connectivity index (χ0) is 7.56. The maximum absolute atomic E-state index is 10.3. The monoisotopic (exact) mass is 143 g/mol. The van der Waals surface area contributed by atoms with Gasteiger partial charge in [0.05, 0.1) is 12.6 Å². The standard InChI is InChI=1S/C6H9NO3/c8-5-2-1-3-7(4-5)6(9)10/h1,3,5,8H,2,4H2,(H,9,10).